The van der Waals surface area contributed by atoms with E-state index in [4.69, 9.17) is 19.5 Å². The van der Waals surface area contributed by atoms with Gasteiger partial charge in [0.2, 0.25) is 0 Å². The van der Waals surface area contributed by atoms with E-state index in [0.29, 0.717) is 42.4 Å². The van der Waals surface area contributed by atoms with Gasteiger partial charge in [0.1, 0.15) is 0 Å². The number of amides is 1. The number of nitrogens with zero attached hydrogens (tertiary/aromatic N) is 2. The van der Waals surface area contributed by atoms with Gasteiger partial charge in [-0.05, 0) is 42.0 Å². The summed E-state index contributed by atoms with van der Waals surface area (Å²) in [5.41, 5.74) is 2.08. The molecular formula is C22H25N3O4. The fourth-order valence-corrected chi connectivity index (χ4v) is 3.39. The summed E-state index contributed by atoms with van der Waals surface area (Å²) >= 11 is 0. The number of nitriles is 1. The van der Waals surface area contributed by atoms with Gasteiger partial charge in [0.15, 0.2) is 11.5 Å². The van der Waals surface area contributed by atoms with Crippen molar-refractivity contribution >= 4 is 5.91 Å². The molecule has 29 heavy (non-hydrogen) atoms. The molecule has 1 amide bonds. The molecule has 152 valence electrons. The molecule has 0 spiro atoms. The molecule has 1 N–H and O–H groups in total. The summed E-state index contributed by atoms with van der Waals surface area (Å²) in [6.45, 7) is 3.33. The molecule has 0 aromatic heterocycles. The fraction of sp³-hybridized carbons (Fsp3) is 0.364. The molecule has 1 saturated heterocycles. The number of rotatable bonds is 7. The van der Waals surface area contributed by atoms with E-state index in [9.17, 15) is 4.79 Å². The summed E-state index contributed by atoms with van der Waals surface area (Å²) in [5.74, 6) is 1.15. The van der Waals surface area contributed by atoms with E-state index in [1.807, 2.05) is 18.2 Å². The molecular weight excluding hydrogens is 370 g/mol. The van der Waals surface area contributed by atoms with Crippen molar-refractivity contribution in [2.75, 3.05) is 47.1 Å². The number of hydrogen-bond donors (Lipinski definition) is 1. The highest BCUT2D eigenvalue weighted by Crippen LogP contribution is 2.32. The van der Waals surface area contributed by atoms with Crippen LogP contribution >= 0.6 is 0 Å². The Kier molecular flexibility index (Phi) is 7.06. The third-order valence-electron chi connectivity index (χ3n) is 5.01. The van der Waals surface area contributed by atoms with Crippen LogP contribution < -0.4 is 14.8 Å². The highest BCUT2D eigenvalue weighted by molar-refractivity contribution is 5.94. The van der Waals surface area contributed by atoms with Crippen LogP contribution in [0.1, 0.15) is 27.5 Å². The van der Waals surface area contributed by atoms with Crippen LogP contribution in [0.4, 0.5) is 0 Å². The van der Waals surface area contributed by atoms with Gasteiger partial charge in [0.05, 0.1) is 45.1 Å². The average Bonchev–Trinajstić information content (AvgIpc) is 2.79. The van der Waals surface area contributed by atoms with Crippen LogP contribution in [0, 0.1) is 11.3 Å². The third kappa shape index (κ3) is 5.05. The lowest BCUT2D eigenvalue weighted by atomic mass is 10.0. The van der Waals surface area contributed by atoms with Crippen molar-refractivity contribution in [2.24, 2.45) is 0 Å². The average molecular weight is 395 g/mol. The van der Waals surface area contributed by atoms with Crippen LogP contribution in [0.3, 0.4) is 0 Å². The number of nitrogens with one attached hydrogen (secondary N) is 1. The fourth-order valence-electron chi connectivity index (χ4n) is 3.39. The number of carbonyl (C=O) groups excluding carboxylic acids is 1. The molecule has 1 fully saturated rings. The normalized spacial score (nSPS) is 15.2. The first-order valence-electron chi connectivity index (χ1n) is 9.48. The minimum atomic E-state index is -0.173. The zero-order valence-electron chi connectivity index (χ0n) is 16.7. The Balaban J connectivity index is 1.78. The van der Waals surface area contributed by atoms with Gasteiger partial charge >= 0.3 is 0 Å². The Hall–Kier alpha value is -3.08. The van der Waals surface area contributed by atoms with Crippen molar-refractivity contribution in [1.29, 1.82) is 5.26 Å². The summed E-state index contributed by atoms with van der Waals surface area (Å²) in [6, 6.07) is 14.5. The van der Waals surface area contributed by atoms with E-state index in [1.165, 1.54) is 0 Å². The van der Waals surface area contributed by atoms with Crippen molar-refractivity contribution < 1.29 is 19.0 Å². The molecule has 3 rings (SSSR count). The van der Waals surface area contributed by atoms with E-state index in [0.717, 1.165) is 18.7 Å². The van der Waals surface area contributed by atoms with E-state index < -0.39 is 0 Å². The predicted molar refractivity (Wildman–Crippen MR) is 108 cm³/mol. The number of morpholine rings is 1. The first kappa shape index (κ1) is 20.6. The number of benzene rings is 2. The van der Waals surface area contributed by atoms with Crippen molar-refractivity contribution in [3.05, 3.63) is 59.2 Å². The number of carbonyl (C=O) groups is 1. The lowest BCUT2D eigenvalue weighted by Gasteiger charge is -2.35. The molecule has 7 nitrogen and oxygen atoms in total. The lowest BCUT2D eigenvalue weighted by Crippen LogP contribution is -2.43. The first-order chi connectivity index (χ1) is 14.2. The van der Waals surface area contributed by atoms with E-state index in [-0.39, 0.29) is 11.9 Å². The highest BCUT2D eigenvalue weighted by atomic mass is 16.5. The standard InChI is InChI=1S/C22H25N3O4/c1-27-20-8-7-18(13-21(20)28-2)19(25-9-11-29-12-10-25)15-24-22(26)17-5-3-16(14-23)4-6-17/h3-8,13,19H,9-12,15H2,1-2H3,(H,24,26)/t19-/m1/s1. The van der Waals surface area contributed by atoms with Crippen LogP contribution in [0.2, 0.25) is 0 Å². The SMILES string of the molecule is COc1ccc([C@@H](CNC(=O)c2ccc(C#N)cc2)N2CCOCC2)cc1OC. The van der Waals surface area contributed by atoms with Gasteiger partial charge in [0.25, 0.3) is 5.91 Å². The van der Waals surface area contributed by atoms with Gasteiger partial charge in [-0.25, -0.2) is 0 Å². The zero-order valence-corrected chi connectivity index (χ0v) is 16.7. The Labute approximate surface area is 170 Å². The van der Waals surface area contributed by atoms with Gasteiger partial charge in [-0.1, -0.05) is 6.07 Å². The summed E-state index contributed by atoms with van der Waals surface area (Å²) in [5, 5.41) is 11.9. The first-order valence-corrected chi connectivity index (χ1v) is 9.48. The summed E-state index contributed by atoms with van der Waals surface area (Å²) in [4.78, 5) is 14.9. The van der Waals surface area contributed by atoms with Crippen LogP contribution in [0.5, 0.6) is 11.5 Å². The minimum absolute atomic E-state index is 0.0268. The molecule has 2 aromatic carbocycles. The van der Waals surface area contributed by atoms with Crippen molar-refractivity contribution in [3.8, 4) is 17.6 Å². The highest BCUT2D eigenvalue weighted by Gasteiger charge is 2.24. The summed E-state index contributed by atoms with van der Waals surface area (Å²) < 4.78 is 16.3. The lowest BCUT2D eigenvalue weighted by molar-refractivity contribution is 0.0162. The monoisotopic (exact) mass is 395 g/mol. The van der Waals surface area contributed by atoms with E-state index >= 15 is 0 Å². The van der Waals surface area contributed by atoms with Crippen molar-refractivity contribution in [1.82, 2.24) is 10.2 Å². The Morgan fingerprint density at radius 3 is 2.45 bits per heavy atom. The maximum absolute atomic E-state index is 12.6. The quantitative estimate of drug-likeness (QED) is 0.775. The van der Waals surface area contributed by atoms with Gasteiger partial charge in [-0.2, -0.15) is 5.26 Å². The summed E-state index contributed by atoms with van der Waals surface area (Å²) in [7, 11) is 3.22. The number of methoxy groups -OCH3 is 2. The third-order valence-corrected chi connectivity index (χ3v) is 5.01. The van der Waals surface area contributed by atoms with Gasteiger partial charge in [-0.3, -0.25) is 9.69 Å². The smallest absolute Gasteiger partial charge is 0.251 e. The van der Waals surface area contributed by atoms with Gasteiger partial charge < -0.3 is 19.5 Å². The Morgan fingerprint density at radius 1 is 1.14 bits per heavy atom. The van der Waals surface area contributed by atoms with E-state index in [2.05, 4.69) is 16.3 Å². The van der Waals surface area contributed by atoms with Crippen LogP contribution in [0.25, 0.3) is 0 Å². The Bertz CT molecular complexity index is 871. The molecule has 2 aromatic rings. The zero-order chi connectivity index (χ0) is 20.6. The maximum Gasteiger partial charge on any atom is 0.251 e. The molecule has 0 unspecified atom stereocenters. The van der Waals surface area contributed by atoms with Crippen LogP contribution in [-0.4, -0.2) is 57.9 Å². The molecule has 0 aliphatic carbocycles. The molecule has 7 heteroatoms. The minimum Gasteiger partial charge on any atom is -0.493 e. The van der Waals surface area contributed by atoms with Crippen LogP contribution in [0.15, 0.2) is 42.5 Å². The van der Waals surface area contributed by atoms with Crippen LogP contribution in [-0.2, 0) is 4.74 Å². The largest absolute Gasteiger partial charge is 0.493 e. The van der Waals surface area contributed by atoms with Gasteiger partial charge in [0, 0.05) is 25.2 Å². The topological polar surface area (TPSA) is 83.8 Å². The molecule has 1 heterocycles. The molecule has 0 bridgehead atoms. The maximum atomic E-state index is 12.6. The van der Waals surface area contributed by atoms with E-state index in [1.54, 1.807) is 38.5 Å². The summed E-state index contributed by atoms with van der Waals surface area (Å²) in [6.07, 6.45) is 0. The second-order valence-corrected chi connectivity index (χ2v) is 6.68. The van der Waals surface area contributed by atoms with Crippen molar-refractivity contribution in [2.45, 2.75) is 6.04 Å². The molecule has 1 aliphatic heterocycles. The Morgan fingerprint density at radius 2 is 1.83 bits per heavy atom. The predicted octanol–water partition coefficient (Wildman–Crippen LogP) is 2.38. The molecule has 0 radical (unpaired) electrons. The number of hydrogen-bond acceptors (Lipinski definition) is 6. The molecule has 1 aliphatic rings. The molecule has 0 saturated carbocycles. The second-order valence-electron chi connectivity index (χ2n) is 6.68. The van der Waals surface area contributed by atoms with Crippen molar-refractivity contribution in [3.63, 3.8) is 0 Å². The van der Waals surface area contributed by atoms with Gasteiger partial charge in [-0.15, -0.1) is 0 Å². The second kappa shape index (κ2) is 9.92. The molecule has 1 atom stereocenters. The number of ether oxygens (including phenoxy) is 3.